The minimum Gasteiger partial charge on any atom is -0.309 e. The third kappa shape index (κ3) is 5.76. The molecule has 0 aliphatic heterocycles. The van der Waals surface area contributed by atoms with Gasteiger partial charge < -0.3 is 4.57 Å². The standard InChI is InChI=1S/C53H32FN5/c54-46-30-37(35-13-3-1-4-14-35)23-26-44(46)48-32-47(39-15-11-12-34(28-39)33-55)56-53(57-48)59-50-21-10-7-18-41(50)43-25-22-38(31-52(43)59)36-24-27-51-45(29-36)42-19-8-9-20-49(42)58(51)40-16-5-2-6-17-40/h1-32H. The molecule has 3 aromatic heterocycles. The first kappa shape index (κ1) is 34.1. The monoisotopic (exact) mass is 757 g/mol. The van der Waals surface area contributed by atoms with E-state index in [4.69, 9.17) is 9.97 Å². The highest BCUT2D eigenvalue weighted by Gasteiger charge is 2.20. The van der Waals surface area contributed by atoms with E-state index in [0.717, 1.165) is 66.3 Å². The molecule has 0 fully saturated rings. The van der Waals surface area contributed by atoms with E-state index in [1.807, 2.05) is 66.7 Å². The van der Waals surface area contributed by atoms with E-state index in [1.165, 1.54) is 10.8 Å². The van der Waals surface area contributed by atoms with Crippen LogP contribution in [0.5, 0.6) is 0 Å². The Hall–Kier alpha value is -8.14. The van der Waals surface area contributed by atoms with Gasteiger partial charge in [-0.3, -0.25) is 4.57 Å². The second-order valence-corrected chi connectivity index (χ2v) is 14.7. The first-order chi connectivity index (χ1) is 29.1. The minimum atomic E-state index is -0.388. The topological polar surface area (TPSA) is 59.4 Å². The van der Waals surface area contributed by atoms with Crippen LogP contribution in [0.2, 0.25) is 0 Å². The van der Waals surface area contributed by atoms with E-state index in [9.17, 15) is 5.26 Å². The molecule has 0 bridgehead atoms. The van der Waals surface area contributed by atoms with E-state index >= 15 is 4.39 Å². The van der Waals surface area contributed by atoms with E-state index < -0.39 is 0 Å². The minimum absolute atomic E-state index is 0.357. The van der Waals surface area contributed by atoms with Crippen LogP contribution in [-0.4, -0.2) is 19.1 Å². The summed E-state index contributed by atoms with van der Waals surface area (Å²) >= 11 is 0. The fourth-order valence-electron chi connectivity index (χ4n) is 8.47. The van der Waals surface area contributed by atoms with Crippen LogP contribution in [-0.2, 0) is 0 Å². The van der Waals surface area contributed by atoms with Gasteiger partial charge in [0.05, 0.1) is 45.1 Å². The fourth-order valence-corrected chi connectivity index (χ4v) is 8.47. The van der Waals surface area contributed by atoms with Gasteiger partial charge in [-0.1, -0.05) is 121 Å². The molecule has 0 spiro atoms. The van der Waals surface area contributed by atoms with Crippen molar-refractivity contribution >= 4 is 43.6 Å². The van der Waals surface area contributed by atoms with Crippen molar-refractivity contribution in [2.24, 2.45) is 0 Å². The Bertz CT molecular complexity index is 3470. The van der Waals surface area contributed by atoms with Gasteiger partial charge in [-0.15, -0.1) is 0 Å². The number of nitrogens with zero attached hydrogens (tertiary/aromatic N) is 5. The van der Waals surface area contributed by atoms with Gasteiger partial charge in [0.15, 0.2) is 0 Å². The average Bonchev–Trinajstić information content (AvgIpc) is 3.81. The fraction of sp³-hybridized carbons (Fsp3) is 0. The van der Waals surface area contributed by atoms with E-state index in [2.05, 4.69) is 112 Å². The lowest BCUT2D eigenvalue weighted by Crippen LogP contribution is -2.04. The Kier molecular flexibility index (Phi) is 7.99. The summed E-state index contributed by atoms with van der Waals surface area (Å²) in [4.78, 5) is 10.3. The van der Waals surface area contributed by atoms with Gasteiger partial charge in [0, 0.05) is 38.4 Å². The van der Waals surface area contributed by atoms with Crippen molar-refractivity contribution in [3.05, 3.63) is 206 Å². The van der Waals surface area contributed by atoms with E-state index in [1.54, 1.807) is 30.3 Å². The van der Waals surface area contributed by atoms with Crippen LogP contribution in [0.1, 0.15) is 5.56 Å². The molecule has 0 amide bonds. The molecule has 0 aliphatic rings. The highest BCUT2D eigenvalue weighted by Crippen LogP contribution is 2.39. The van der Waals surface area contributed by atoms with Gasteiger partial charge in [0.1, 0.15) is 5.82 Å². The van der Waals surface area contributed by atoms with Crippen molar-refractivity contribution in [3.8, 4) is 62.5 Å². The molecule has 0 unspecified atom stereocenters. The Morgan fingerprint density at radius 2 is 1.00 bits per heavy atom. The lowest BCUT2D eigenvalue weighted by atomic mass is 10.0. The summed E-state index contributed by atoms with van der Waals surface area (Å²) in [6, 6.07) is 66.9. The van der Waals surface area contributed by atoms with Gasteiger partial charge in [-0.2, -0.15) is 5.26 Å². The number of hydrogen-bond acceptors (Lipinski definition) is 3. The van der Waals surface area contributed by atoms with Crippen LogP contribution in [0.4, 0.5) is 4.39 Å². The number of hydrogen-bond donors (Lipinski definition) is 0. The van der Waals surface area contributed by atoms with Crippen molar-refractivity contribution in [1.29, 1.82) is 5.26 Å². The molecule has 6 heteroatoms. The van der Waals surface area contributed by atoms with Crippen LogP contribution < -0.4 is 0 Å². The number of nitriles is 1. The molecular weight excluding hydrogens is 726 g/mol. The molecule has 0 N–H and O–H groups in total. The quantitative estimate of drug-likeness (QED) is 0.170. The highest BCUT2D eigenvalue weighted by atomic mass is 19.1. The zero-order valence-electron chi connectivity index (χ0n) is 31.6. The van der Waals surface area contributed by atoms with E-state index in [-0.39, 0.29) is 5.82 Å². The predicted octanol–water partition coefficient (Wildman–Crippen LogP) is 13.3. The normalized spacial score (nSPS) is 11.5. The predicted molar refractivity (Wildman–Crippen MR) is 237 cm³/mol. The van der Waals surface area contributed by atoms with Gasteiger partial charge in [-0.25, -0.2) is 14.4 Å². The molecule has 0 radical (unpaired) electrons. The van der Waals surface area contributed by atoms with Crippen molar-refractivity contribution < 1.29 is 4.39 Å². The Labute approximate surface area is 339 Å². The first-order valence-electron chi connectivity index (χ1n) is 19.5. The number of aromatic nitrogens is 4. The van der Waals surface area contributed by atoms with Crippen LogP contribution >= 0.6 is 0 Å². The van der Waals surface area contributed by atoms with Gasteiger partial charge in [0.2, 0.25) is 5.95 Å². The van der Waals surface area contributed by atoms with Gasteiger partial charge >= 0.3 is 0 Å². The Morgan fingerprint density at radius 1 is 0.407 bits per heavy atom. The molecule has 8 aromatic carbocycles. The molecule has 276 valence electrons. The third-order valence-electron chi connectivity index (χ3n) is 11.2. The molecule has 0 atom stereocenters. The zero-order chi connectivity index (χ0) is 39.5. The van der Waals surface area contributed by atoms with Crippen LogP contribution in [0, 0.1) is 17.1 Å². The molecule has 3 heterocycles. The lowest BCUT2D eigenvalue weighted by molar-refractivity contribution is 0.631. The van der Waals surface area contributed by atoms with Crippen molar-refractivity contribution in [3.63, 3.8) is 0 Å². The Balaban J connectivity index is 1.12. The third-order valence-corrected chi connectivity index (χ3v) is 11.2. The molecule has 0 saturated heterocycles. The second kappa shape index (κ2) is 13.8. The summed E-state index contributed by atoms with van der Waals surface area (Å²) in [5, 5.41) is 14.2. The SMILES string of the molecule is N#Cc1cccc(-c2cc(-c3ccc(-c4ccccc4)cc3F)nc(-n3c4ccccc4c4ccc(-c5ccc6c(c5)c5ccccc5n6-c5ccccc5)cc43)n2)c1. The summed E-state index contributed by atoms with van der Waals surface area (Å²) < 4.78 is 20.7. The largest absolute Gasteiger partial charge is 0.309 e. The summed E-state index contributed by atoms with van der Waals surface area (Å²) in [7, 11) is 0. The maximum absolute atomic E-state index is 16.3. The molecular formula is C53H32FN5. The molecule has 0 saturated carbocycles. The molecule has 59 heavy (non-hydrogen) atoms. The van der Waals surface area contributed by atoms with Crippen molar-refractivity contribution in [2.45, 2.75) is 0 Å². The van der Waals surface area contributed by atoms with E-state index in [0.29, 0.717) is 28.5 Å². The van der Waals surface area contributed by atoms with Crippen LogP contribution in [0.25, 0.3) is 100 Å². The number of rotatable bonds is 6. The number of fused-ring (bicyclic) bond motifs is 6. The zero-order valence-corrected chi connectivity index (χ0v) is 31.6. The maximum atomic E-state index is 16.3. The average molecular weight is 758 g/mol. The van der Waals surface area contributed by atoms with Gasteiger partial charge in [0.25, 0.3) is 0 Å². The first-order valence-corrected chi connectivity index (χ1v) is 19.5. The molecule has 5 nitrogen and oxygen atoms in total. The summed E-state index contributed by atoms with van der Waals surface area (Å²) in [6.45, 7) is 0. The number of benzene rings is 8. The van der Waals surface area contributed by atoms with Crippen LogP contribution in [0.15, 0.2) is 194 Å². The number of para-hydroxylation sites is 3. The molecule has 11 aromatic rings. The smallest absolute Gasteiger partial charge is 0.235 e. The van der Waals surface area contributed by atoms with Crippen molar-refractivity contribution in [1.82, 2.24) is 19.1 Å². The molecule has 0 aliphatic carbocycles. The molecule has 11 rings (SSSR count). The summed E-state index contributed by atoms with van der Waals surface area (Å²) in [6.07, 6.45) is 0. The van der Waals surface area contributed by atoms with Crippen molar-refractivity contribution in [2.75, 3.05) is 0 Å². The summed E-state index contributed by atoms with van der Waals surface area (Å²) in [5.74, 6) is 0.0115. The summed E-state index contributed by atoms with van der Waals surface area (Å²) in [5.41, 5.74) is 11.7. The number of halogens is 1. The van der Waals surface area contributed by atoms with Crippen LogP contribution in [0.3, 0.4) is 0 Å². The highest BCUT2D eigenvalue weighted by molar-refractivity contribution is 6.12. The van der Waals surface area contributed by atoms with Gasteiger partial charge in [-0.05, 0) is 95.1 Å². The lowest BCUT2D eigenvalue weighted by Gasteiger charge is -2.13. The second-order valence-electron chi connectivity index (χ2n) is 14.7. The Morgan fingerprint density at radius 3 is 1.78 bits per heavy atom. The maximum Gasteiger partial charge on any atom is 0.235 e.